The predicted molar refractivity (Wildman–Crippen MR) is 99.0 cm³/mol. The van der Waals surface area contributed by atoms with Gasteiger partial charge in [-0.2, -0.15) is 0 Å². The summed E-state index contributed by atoms with van der Waals surface area (Å²) in [6.07, 6.45) is 0.147. The molecule has 0 aromatic heterocycles. The molecule has 2 aromatic rings. The molecular formula is C20H25NO5. The Kier molecular flexibility index (Phi) is 7.61. The van der Waals surface area contributed by atoms with E-state index in [2.05, 4.69) is 5.32 Å². The molecule has 26 heavy (non-hydrogen) atoms. The van der Waals surface area contributed by atoms with Crippen LogP contribution in [0.15, 0.2) is 42.5 Å². The number of alkyl carbamates (subject to hydrolysis) is 1. The molecule has 2 aromatic carbocycles. The quantitative estimate of drug-likeness (QED) is 0.741. The summed E-state index contributed by atoms with van der Waals surface area (Å²) < 4.78 is 21.8. The van der Waals surface area contributed by atoms with Crippen LogP contribution in [-0.2, 0) is 17.8 Å². The zero-order chi connectivity index (χ0) is 18.8. The van der Waals surface area contributed by atoms with Gasteiger partial charge in [0.2, 0.25) is 5.75 Å². The molecule has 0 atom stereocenters. The van der Waals surface area contributed by atoms with Crippen molar-refractivity contribution >= 4 is 6.09 Å². The zero-order valence-electron chi connectivity index (χ0n) is 15.4. The van der Waals surface area contributed by atoms with Crippen molar-refractivity contribution in [2.45, 2.75) is 20.0 Å². The summed E-state index contributed by atoms with van der Waals surface area (Å²) in [6, 6.07) is 13.6. The second kappa shape index (κ2) is 10.2. The van der Waals surface area contributed by atoms with Crippen LogP contribution in [0.1, 0.15) is 18.1 Å². The zero-order valence-corrected chi connectivity index (χ0v) is 15.4. The third kappa shape index (κ3) is 5.31. The number of carbonyl (C=O) groups is 1. The van der Waals surface area contributed by atoms with E-state index in [4.69, 9.17) is 18.9 Å². The van der Waals surface area contributed by atoms with Gasteiger partial charge in [0, 0.05) is 12.1 Å². The molecule has 0 fully saturated rings. The number of hydrogen-bond donors (Lipinski definition) is 1. The van der Waals surface area contributed by atoms with Crippen LogP contribution in [0.3, 0.4) is 0 Å². The molecule has 1 amide bonds. The lowest BCUT2D eigenvalue weighted by atomic mass is 10.1. The summed E-state index contributed by atoms with van der Waals surface area (Å²) in [6.45, 7) is 2.94. The van der Waals surface area contributed by atoms with Crippen LogP contribution in [0, 0.1) is 0 Å². The highest BCUT2D eigenvalue weighted by atomic mass is 16.5. The lowest BCUT2D eigenvalue weighted by Gasteiger charge is -2.17. The van der Waals surface area contributed by atoms with Crippen LogP contribution in [-0.4, -0.2) is 33.5 Å². The van der Waals surface area contributed by atoms with E-state index in [0.29, 0.717) is 43.4 Å². The van der Waals surface area contributed by atoms with Crippen molar-refractivity contribution in [3.63, 3.8) is 0 Å². The molecule has 0 aliphatic carbocycles. The molecule has 1 N–H and O–H groups in total. The van der Waals surface area contributed by atoms with Gasteiger partial charge in [-0.05, 0) is 25.0 Å². The molecular weight excluding hydrogens is 334 g/mol. The van der Waals surface area contributed by atoms with E-state index >= 15 is 0 Å². The topological polar surface area (TPSA) is 66.0 Å². The third-order valence-electron chi connectivity index (χ3n) is 3.75. The molecule has 0 bridgehead atoms. The van der Waals surface area contributed by atoms with Crippen molar-refractivity contribution in [2.75, 3.05) is 27.4 Å². The minimum absolute atomic E-state index is 0.342. The Hall–Kier alpha value is -2.89. The molecule has 140 valence electrons. The summed E-state index contributed by atoms with van der Waals surface area (Å²) in [5.74, 6) is 1.75. The summed E-state index contributed by atoms with van der Waals surface area (Å²) in [4.78, 5) is 11.4. The first-order valence-electron chi connectivity index (χ1n) is 8.50. The molecule has 0 aliphatic heterocycles. The van der Waals surface area contributed by atoms with E-state index in [-0.39, 0.29) is 0 Å². The molecule has 0 spiro atoms. The van der Waals surface area contributed by atoms with Crippen LogP contribution >= 0.6 is 0 Å². The normalized spacial score (nSPS) is 10.1. The Bertz CT molecular complexity index is 703. The summed E-state index contributed by atoms with van der Waals surface area (Å²) in [5.41, 5.74) is 1.96. The van der Waals surface area contributed by atoms with Crippen LogP contribution in [0.25, 0.3) is 0 Å². The molecule has 0 saturated heterocycles. The van der Waals surface area contributed by atoms with Crippen LogP contribution < -0.4 is 19.5 Å². The first kappa shape index (κ1) is 19.4. The average Bonchev–Trinajstić information content (AvgIpc) is 2.67. The van der Waals surface area contributed by atoms with Gasteiger partial charge in [0.25, 0.3) is 0 Å². The number of amides is 1. The van der Waals surface area contributed by atoms with Gasteiger partial charge in [-0.1, -0.05) is 36.4 Å². The Balaban J connectivity index is 2.13. The minimum atomic E-state index is -0.430. The fourth-order valence-corrected chi connectivity index (χ4v) is 2.51. The number of hydrogen-bond acceptors (Lipinski definition) is 5. The molecule has 0 aliphatic rings. The highest BCUT2D eigenvalue weighted by Gasteiger charge is 2.17. The highest BCUT2D eigenvalue weighted by molar-refractivity contribution is 5.67. The van der Waals surface area contributed by atoms with Gasteiger partial charge >= 0.3 is 6.09 Å². The van der Waals surface area contributed by atoms with Gasteiger partial charge < -0.3 is 24.3 Å². The summed E-state index contributed by atoms with van der Waals surface area (Å²) >= 11 is 0. The Labute approximate surface area is 154 Å². The van der Waals surface area contributed by atoms with E-state index < -0.39 is 6.09 Å². The van der Waals surface area contributed by atoms with Gasteiger partial charge in [0.1, 0.15) is 6.61 Å². The number of nitrogens with one attached hydrogen (secondary N) is 1. The van der Waals surface area contributed by atoms with Gasteiger partial charge in [-0.25, -0.2) is 4.79 Å². The van der Waals surface area contributed by atoms with Gasteiger partial charge in [0.05, 0.1) is 20.8 Å². The predicted octanol–water partition coefficient (Wildman–Crippen LogP) is 3.57. The maximum atomic E-state index is 11.4. The SMILES string of the molecule is CCOC(=O)NCCc1ccc(OC)c(OCc2ccccc2)c1OC. The lowest BCUT2D eigenvalue weighted by Crippen LogP contribution is -2.26. The number of benzene rings is 2. The van der Waals surface area contributed by atoms with Crippen LogP contribution in [0.2, 0.25) is 0 Å². The molecule has 0 saturated carbocycles. The van der Waals surface area contributed by atoms with E-state index in [1.165, 1.54) is 0 Å². The number of carbonyl (C=O) groups excluding carboxylic acids is 1. The molecule has 0 unspecified atom stereocenters. The Morgan fingerprint density at radius 3 is 2.42 bits per heavy atom. The first-order chi connectivity index (χ1) is 12.7. The van der Waals surface area contributed by atoms with E-state index in [1.807, 2.05) is 42.5 Å². The van der Waals surface area contributed by atoms with Crippen molar-refractivity contribution in [2.24, 2.45) is 0 Å². The van der Waals surface area contributed by atoms with Crippen LogP contribution in [0.4, 0.5) is 4.79 Å². The van der Waals surface area contributed by atoms with E-state index in [1.54, 1.807) is 21.1 Å². The molecule has 0 heterocycles. The lowest BCUT2D eigenvalue weighted by molar-refractivity contribution is 0.152. The van der Waals surface area contributed by atoms with E-state index in [0.717, 1.165) is 11.1 Å². The van der Waals surface area contributed by atoms with Crippen molar-refractivity contribution in [3.05, 3.63) is 53.6 Å². The standard InChI is InChI=1S/C20H25NO5/c1-4-25-20(22)21-13-12-16-10-11-17(23-2)19(18(16)24-3)26-14-15-8-6-5-7-9-15/h5-11H,4,12-14H2,1-3H3,(H,21,22). The van der Waals surface area contributed by atoms with Crippen molar-refractivity contribution in [1.29, 1.82) is 0 Å². The van der Waals surface area contributed by atoms with Crippen molar-refractivity contribution < 1.29 is 23.7 Å². The molecule has 6 heteroatoms. The van der Waals surface area contributed by atoms with Gasteiger partial charge in [-0.3, -0.25) is 0 Å². The monoisotopic (exact) mass is 359 g/mol. The van der Waals surface area contributed by atoms with Gasteiger partial charge in [-0.15, -0.1) is 0 Å². The smallest absolute Gasteiger partial charge is 0.407 e. The van der Waals surface area contributed by atoms with Crippen molar-refractivity contribution in [3.8, 4) is 17.2 Å². The third-order valence-corrected chi connectivity index (χ3v) is 3.75. The number of rotatable bonds is 9. The first-order valence-corrected chi connectivity index (χ1v) is 8.50. The summed E-state index contributed by atoms with van der Waals surface area (Å²) in [7, 11) is 3.18. The maximum absolute atomic E-state index is 11.4. The fourth-order valence-electron chi connectivity index (χ4n) is 2.51. The van der Waals surface area contributed by atoms with E-state index in [9.17, 15) is 4.79 Å². The largest absolute Gasteiger partial charge is 0.493 e. The van der Waals surface area contributed by atoms with Crippen molar-refractivity contribution in [1.82, 2.24) is 5.32 Å². The second-order valence-corrected chi connectivity index (χ2v) is 5.46. The summed E-state index contributed by atoms with van der Waals surface area (Å²) in [5, 5.41) is 2.70. The average molecular weight is 359 g/mol. The minimum Gasteiger partial charge on any atom is -0.493 e. The second-order valence-electron chi connectivity index (χ2n) is 5.46. The number of ether oxygens (including phenoxy) is 4. The molecule has 2 rings (SSSR count). The Morgan fingerprint density at radius 2 is 1.77 bits per heavy atom. The Morgan fingerprint density at radius 1 is 1.00 bits per heavy atom. The highest BCUT2D eigenvalue weighted by Crippen LogP contribution is 2.40. The maximum Gasteiger partial charge on any atom is 0.407 e. The molecule has 0 radical (unpaired) electrons. The van der Waals surface area contributed by atoms with Gasteiger partial charge in [0.15, 0.2) is 11.5 Å². The molecule has 6 nitrogen and oxygen atoms in total. The number of methoxy groups -OCH3 is 2. The van der Waals surface area contributed by atoms with Crippen LogP contribution in [0.5, 0.6) is 17.2 Å². The fraction of sp³-hybridized carbons (Fsp3) is 0.350.